The number of aliphatic imine (C=N–C) groups is 1. The first-order valence-electron chi connectivity index (χ1n) is 10.9. The fraction of sp³-hybridized carbons (Fsp3) is 0.400. The fourth-order valence-electron chi connectivity index (χ4n) is 4.12. The first-order chi connectivity index (χ1) is 14.8. The molecule has 6 nitrogen and oxygen atoms in total. The van der Waals surface area contributed by atoms with Crippen LogP contribution in [0.3, 0.4) is 0 Å². The van der Waals surface area contributed by atoms with Gasteiger partial charge >= 0.3 is 0 Å². The number of ether oxygens (including phenoxy) is 1. The minimum absolute atomic E-state index is 0.317. The Labute approximate surface area is 182 Å². The molecule has 1 aromatic carbocycles. The third kappa shape index (κ3) is 3.94. The van der Waals surface area contributed by atoms with Crippen LogP contribution in [0.1, 0.15) is 45.1 Å². The largest absolute Gasteiger partial charge is 0.472 e. The Balaban J connectivity index is 1.68. The van der Waals surface area contributed by atoms with Crippen molar-refractivity contribution < 1.29 is 9.26 Å². The predicted molar refractivity (Wildman–Crippen MR) is 123 cm³/mol. The highest BCUT2D eigenvalue weighted by Crippen LogP contribution is 2.45. The zero-order valence-corrected chi connectivity index (χ0v) is 18.7. The first-order valence-corrected chi connectivity index (χ1v) is 10.9. The highest BCUT2D eigenvalue weighted by molar-refractivity contribution is 6.02. The van der Waals surface area contributed by atoms with Gasteiger partial charge in [0.15, 0.2) is 0 Å². The molecular formula is C25H28N4O2. The molecule has 1 aliphatic heterocycles. The molecule has 0 spiro atoms. The number of rotatable bonds is 4. The van der Waals surface area contributed by atoms with Gasteiger partial charge in [-0.2, -0.15) is 0 Å². The summed E-state index contributed by atoms with van der Waals surface area (Å²) in [6, 6.07) is 8.36. The normalized spacial score (nSPS) is 15.8. The SMILES string of the molecule is Cc1noc(C)c1-c1cc2c(c(-c3ccnc(OC(C)(C)C)c3)c1)N=C(C1CC1)CN2. The van der Waals surface area contributed by atoms with Gasteiger partial charge in [-0.1, -0.05) is 5.16 Å². The summed E-state index contributed by atoms with van der Waals surface area (Å²) in [5.41, 5.74) is 8.01. The lowest BCUT2D eigenvalue weighted by Crippen LogP contribution is -2.23. The number of nitrogens with one attached hydrogen (secondary N) is 1. The Morgan fingerprint density at radius 1 is 1.10 bits per heavy atom. The monoisotopic (exact) mass is 416 g/mol. The molecule has 160 valence electrons. The van der Waals surface area contributed by atoms with E-state index >= 15 is 0 Å². The summed E-state index contributed by atoms with van der Waals surface area (Å²) in [4.78, 5) is 9.53. The first kappa shape index (κ1) is 19.8. The molecule has 0 amide bonds. The van der Waals surface area contributed by atoms with Gasteiger partial charge in [-0.25, -0.2) is 4.98 Å². The van der Waals surface area contributed by atoms with Gasteiger partial charge in [-0.15, -0.1) is 0 Å². The van der Waals surface area contributed by atoms with Gasteiger partial charge in [0.25, 0.3) is 0 Å². The molecular weight excluding hydrogens is 388 g/mol. The number of hydrogen-bond acceptors (Lipinski definition) is 6. The van der Waals surface area contributed by atoms with Crippen molar-refractivity contribution in [2.45, 2.75) is 53.1 Å². The van der Waals surface area contributed by atoms with Crippen molar-refractivity contribution >= 4 is 17.1 Å². The Hall–Kier alpha value is -3.15. The minimum atomic E-state index is -0.317. The lowest BCUT2D eigenvalue weighted by atomic mass is 9.94. The zero-order chi connectivity index (χ0) is 21.8. The topological polar surface area (TPSA) is 72.5 Å². The van der Waals surface area contributed by atoms with Crippen molar-refractivity contribution in [1.82, 2.24) is 10.1 Å². The standard InChI is InChI=1S/C25H28N4O2/c1-14-23(15(2)31-29-14)18-10-19(17-8-9-26-22(12-17)30-25(3,4)5)24-20(11-18)27-13-21(28-24)16-6-7-16/h8-12,16,27H,6-7,13H2,1-5H3. The lowest BCUT2D eigenvalue weighted by molar-refractivity contribution is 0.124. The smallest absolute Gasteiger partial charge is 0.214 e. The molecule has 0 atom stereocenters. The van der Waals surface area contributed by atoms with Crippen LogP contribution < -0.4 is 10.1 Å². The predicted octanol–water partition coefficient (Wildman–Crippen LogP) is 6.11. The minimum Gasteiger partial charge on any atom is -0.472 e. The molecule has 3 aromatic rings. The Morgan fingerprint density at radius 3 is 2.58 bits per heavy atom. The molecule has 1 saturated carbocycles. The van der Waals surface area contributed by atoms with E-state index in [4.69, 9.17) is 14.3 Å². The summed E-state index contributed by atoms with van der Waals surface area (Å²) in [7, 11) is 0. The van der Waals surface area contributed by atoms with E-state index in [-0.39, 0.29) is 5.60 Å². The van der Waals surface area contributed by atoms with E-state index in [1.807, 2.05) is 46.8 Å². The molecule has 1 aliphatic carbocycles. The number of fused-ring (bicyclic) bond motifs is 1. The van der Waals surface area contributed by atoms with E-state index in [0.717, 1.165) is 51.6 Å². The quantitative estimate of drug-likeness (QED) is 0.556. The summed E-state index contributed by atoms with van der Waals surface area (Å²) < 4.78 is 11.5. The van der Waals surface area contributed by atoms with Crippen LogP contribution >= 0.6 is 0 Å². The summed E-state index contributed by atoms with van der Waals surface area (Å²) >= 11 is 0. The second kappa shape index (κ2) is 7.22. The molecule has 1 N–H and O–H groups in total. The highest BCUT2D eigenvalue weighted by atomic mass is 16.5. The number of hydrogen-bond donors (Lipinski definition) is 1. The van der Waals surface area contributed by atoms with Crippen molar-refractivity contribution in [2.24, 2.45) is 10.9 Å². The number of nitrogens with zero attached hydrogens (tertiary/aromatic N) is 3. The Bertz CT molecular complexity index is 1160. The molecule has 0 saturated heterocycles. The molecule has 0 unspecified atom stereocenters. The van der Waals surface area contributed by atoms with Crippen molar-refractivity contribution in [3.8, 4) is 28.1 Å². The second-order valence-electron chi connectivity index (χ2n) is 9.45. The van der Waals surface area contributed by atoms with Crippen LogP contribution in [-0.4, -0.2) is 28.0 Å². The van der Waals surface area contributed by atoms with Gasteiger partial charge in [0.05, 0.1) is 23.6 Å². The zero-order valence-electron chi connectivity index (χ0n) is 18.7. The molecule has 6 heteroatoms. The lowest BCUT2D eigenvalue weighted by Gasteiger charge is -2.23. The number of benzene rings is 1. The van der Waals surface area contributed by atoms with Crippen molar-refractivity contribution in [3.05, 3.63) is 41.9 Å². The summed E-state index contributed by atoms with van der Waals surface area (Å²) in [6.07, 6.45) is 4.27. The van der Waals surface area contributed by atoms with Crippen molar-refractivity contribution in [1.29, 1.82) is 0 Å². The number of aryl methyl sites for hydroxylation is 2. The average Bonchev–Trinajstić information content (AvgIpc) is 3.51. The van der Waals surface area contributed by atoms with Gasteiger partial charge in [-0.3, -0.25) is 4.99 Å². The van der Waals surface area contributed by atoms with Crippen LogP contribution in [0.5, 0.6) is 5.88 Å². The molecule has 0 bridgehead atoms. The van der Waals surface area contributed by atoms with Crippen LogP contribution in [0.2, 0.25) is 0 Å². The number of pyridine rings is 1. The van der Waals surface area contributed by atoms with Crippen molar-refractivity contribution in [2.75, 3.05) is 11.9 Å². The van der Waals surface area contributed by atoms with Crippen LogP contribution in [0.4, 0.5) is 11.4 Å². The van der Waals surface area contributed by atoms with E-state index in [1.165, 1.54) is 18.6 Å². The van der Waals surface area contributed by atoms with Gasteiger partial charge in [-0.05, 0) is 82.7 Å². The Kier molecular flexibility index (Phi) is 4.61. The van der Waals surface area contributed by atoms with E-state index in [2.05, 4.69) is 27.6 Å². The van der Waals surface area contributed by atoms with E-state index < -0.39 is 0 Å². The van der Waals surface area contributed by atoms with Gasteiger partial charge in [0.1, 0.15) is 11.4 Å². The highest BCUT2D eigenvalue weighted by Gasteiger charge is 2.30. The number of aromatic nitrogens is 2. The molecule has 3 heterocycles. The molecule has 2 aromatic heterocycles. The molecule has 2 aliphatic rings. The van der Waals surface area contributed by atoms with Crippen molar-refractivity contribution in [3.63, 3.8) is 0 Å². The summed E-state index contributed by atoms with van der Waals surface area (Å²) in [5, 5.41) is 7.76. The van der Waals surface area contributed by atoms with E-state index in [9.17, 15) is 0 Å². The van der Waals surface area contributed by atoms with Crippen LogP contribution in [0.25, 0.3) is 22.3 Å². The Morgan fingerprint density at radius 2 is 1.90 bits per heavy atom. The third-order valence-corrected chi connectivity index (χ3v) is 5.65. The molecule has 5 rings (SSSR count). The maximum absolute atomic E-state index is 6.03. The summed E-state index contributed by atoms with van der Waals surface area (Å²) in [6.45, 7) is 10.8. The third-order valence-electron chi connectivity index (χ3n) is 5.65. The fourth-order valence-corrected chi connectivity index (χ4v) is 4.12. The average molecular weight is 417 g/mol. The van der Waals surface area contributed by atoms with Gasteiger partial charge in [0.2, 0.25) is 5.88 Å². The van der Waals surface area contributed by atoms with E-state index in [0.29, 0.717) is 11.8 Å². The second-order valence-corrected chi connectivity index (χ2v) is 9.45. The molecule has 31 heavy (non-hydrogen) atoms. The number of anilines is 1. The summed E-state index contributed by atoms with van der Waals surface area (Å²) in [5.74, 6) is 2.04. The maximum Gasteiger partial charge on any atom is 0.214 e. The van der Waals surface area contributed by atoms with Crippen LogP contribution in [0.15, 0.2) is 40.0 Å². The van der Waals surface area contributed by atoms with Gasteiger partial charge in [0, 0.05) is 29.1 Å². The maximum atomic E-state index is 6.03. The van der Waals surface area contributed by atoms with Crippen LogP contribution in [-0.2, 0) is 0 Å². The molecule has 1 fully saturated rings. The van der Waals surface area contributed by atoms with Crippen LogP contribution in [0, 0.1) is 19.8 Å². The molecule has 0 radical (unpaired) electrons. The van der Waals surface area contributed by atoms with Gasteiger partial charge < -0.3 is 14.6 Å². The van der Waals surface area contributed by atoms with E-state index in [1.54, 1.807) is 6.20 Å².